The zero-order valence-electron chi connectivity index (χ0n) is 15.5. The molecule has 1 N–H and O–H groups in total. The van der Waals surface area contributed by atoms with Crippen LogP contribution in [0.15, 0.2) is 30.5 Å². The molecule has 27 heavy (non-hydrogen) atoms. The molecule has 10 nitrogen and oxygen atoms in total. The molecule has 0 saturated heterocycles. The van der Waals surface area contributed by atoms with E-state index in [2.05, 4.69) is 15.3 Å². The summed E-state index contributed by atoms with van der Waals surface area (Å²) in [7, 11) is 0. The minimum Gasteiger partial charge on any atom is -0.361 e. The highest BCUT2D eigenvalue weighted by atomic mass is 16.6. The van der Waals surface area contributed by atoms with Gasteiger partial charge in [0.15, 0.2) is 0 Å². The molecule has 0 aliphatic carbocycles. The van der Waals surface area contributed by atoms with E-state index in [4.69, 9.17) is 0 Å². The van der Waals surface area contributed by atoms with E-state index in [-0.39, 0.29) is 23.2 Å². The molecule has 0 amide bonds. The number of hydrogen-bond donors (Lipinski definition) is 1. The average Bonchev–Trinajstić information content (AvgIpc) is 2.63. The summed E-state index contributed by atoms with van der Waals surface area (Å²) in [6, 6.07) is 6.05. The quantitative estimate of drug-likeness (QED) is 0.523. The van der Waals surface area contributed by atoms with Crippen LogP contribution in [0.5, 0.6) is 0 Å². The predicted octanol–water partition coefficient (Wildman–Crippen LogP) is 3.18. The Labute approximate surface area is 156 Å². The van der Waals surface area contributed by atoms with Gasteiger partial charge < -0.3 is 10.2 Å². The number of nitrogens with zero attached hydrogens (tertiary/aromatic N) is 5. The zero-order chi connectivity index (χ0) is 20.0. The molecule has 1 unspecified atom stereocenters. The largest absolute Gasteiger partial charge is 0.361 e. The van der Waals surface area contributed by atoms with Crippen LogP contribution in [0, 0.1) is 20.2 Å². The highest BCUT2D eigenvalue weighted by molar-refractivity contribution is 5.58. The van der Waals surface area contributed by atoms with Gasteiger partial charge in [-0.15, -0.1) is 0 Å². The Morgan fingerprint density at radius 2 is 1.74 bits per heavy atom. The molecule has 1 aromatic heterocycles. The summed E-state index contributed by atoms with van der Waals surface area (Å²) in [6.07, 6.45) is 1.74. The summed E-state index contributed by atoms with van der Waals surface area (Å²) < 4.78 is 0. The SMILES string of the molecule is CCN(CC)c1ncc([N+](=O)[O-])c(NC(C)Cc2ccc([N+](=O)[O-])cc2)n1. The van der Waals surface area contributed by atoms with Crippen molar-refractivity contribution in [2.45, 2.75) is 33.2 Å². The molecule has 0 aliphatic rings. The van der Waals surface area contributed by atoms with Gasteiger partial charge in [0, 0.05) is 31.3 Å². The van der Waals surface area contributed by atoms with Crippen molar-refractivity contribution in [1.82, 2.24) is 9.97 Å². The van der Waals surface area contributed by atoms with Crippen LogP contribution in [0.4, 0.5) is 23.1 Å². The van der Waals surface area contributed by atoms with Crippen LogP contribution in [0.25, 0.3) is 0 Å². The molecule has 0 fully saturated rings. The number of aromatic nitrogens is 2. The predicted molar refractivity (Wildman–Crippen MR) is 102 cm³/mol. The third-order valence-corrected chi connectivity index (χ3v) is 4.07. The summed E-state index contributed by atoms with van der Waals surface area (Å²) in [5, 5.41) is 25.1. The van der Waals surface area contributed by atoms with Gasteiger partial charge in [-0.2, -0.15) is 4.98 Å². The number of non-ortho nitro benzene ring substituents is 1. The Bertz CT molecular complexity index is 808. The second-order valence-electron chi connectivity index (χ2n) is 6.01. The molecule has 144 valence electrons. The fourth-order valence-electron chi connectivity index (χ4n) is 2.66. The molecule has 1 aromatic carbocycles. The second kappa shape index (κ2) is 8.88. The molecule has 2 aromatic rings. The van der Waals surface area contributed by atoms with Gasteiger partial charge in [-0.05, 0) is 32.8 Å². The van der Waals surface area contributed by atoms with Crippen LogP contribution in [-0.4, -0.2) is 38.9 Å². The lowest BCUT2D eigenvalue weighted by Crippen LogP contribution is -2.26. The lowest BCUT2D eigenvalue weighted by Gasteiger charge is -2.20. The van der Waals surface area contributed by atoms with Crippen LogP contribution in [0.3, 0.4) is 0 Å². The van der Waals surface area contributed by atoms with E-state index in [0.29, 0.717) is 25.5 Å². The van der Waals surface area contributed by atoms with Gasteiger partial charge in [-0.1, -0.05) is 12.1 Å². The number of benzene rings is 1. The van der Waals surface area contributed by atoms with E-state index in [1.807, 2.05) is 25.7 Å². The van der Waals surface area contributed by atoms with Gasteiger partial charge in [0.1, 0.15) is 6.20 Å². The molecule has 1 atom stereocenters. The van der Waals surface area contributed by atoms with Crippen LogP contribution in [-0.2, 0) is 6.42 Å². The molecule has 0 aliphatic heterocycles. The summed E-state index contributed by atoms with van der Waals surface area (Å²) in [6.45, 7) is 7.15. The maximum Gasteiger partial charge on any atom is 0.329 e. The molecule has 0 spiro atoms. The monoisotopic (exact) mass is 374 g/mol. The van der Waals surface area contributed by atoms with Crippen LogP contribution in [0.2, 0.25) is 0 Å². The van der Waals surface area contributed by atoms with Crippen molar-refractivity contribution in [3.8, 4) is 0 Å². The van der Waals surface area contributed by atoms with E-state index in [0.717, 1.165) is 5.56 Å². The van der Waals surface area contributed by atoms with E-state index in [1.54, 1.807) is 12.1 Å². The summed E-state index contributed by atoms with van der Waals surface area (Å²) in [5.41, 5.74) is 0.706. The van der Waals surface area contributed by atoms with Gasteiger partial charge in [0.25, 0.3) is 5.69 Å². The van der Waals surface area contributed by atoms with Crippen molar-refractivity contribution in [3.05, 3.63) is 56.3 Å². The molecule has 0 saturated carbocycles. The standard InChI is InChI=1S/C17H22N6O4/c1-4-21(5-2)17-18-11-15(23(26)27)16(20-17)19-12(3)10-13-6-8-14(9-7-13)22(24)25/h6-9,11-12H,4-5,10H2,1-3H3,(H,18,19,20). The van der Waals surface area contributed by atoms with Gasteiger partial charge in [0.05, 0.1) is 9.85 Å². The summed E-state index contributed by atoms with van der Waals surface area (Å²) >= 11 is 0. The van der Waals surface area contributed by atoms with E-state index in [9.17, 15) is 20.2 Å². The van der Waals surface area contributed by atoms with Crippen molar-refractivity contribution in [2.75, 3.05) is 23.3 Å². The van der Waals surface area contributed by atoms with Gasteiger partial charge in [-0.25, -0.2) is 4.98 Å². The molecule has 0 bridgehead atoms. The Balaban J connectivity index is 2.19. The molecule has 0 radical (unpaired) electrons. The lowest BCUT2D eigenvalue weighted by atomic mass is 10.1. The first-order valence-corrected chi connectivity index (χ1v) is 8.61. The average molecular weight is 374 g/mol. The first-order valence-electron chi connectivity index (χ1n) is 8.61. The van der Waals surface area contributed by atoms with Crippen molar-refractivity contribution in [2.24, 2.45) is 0 Å². The molecule has 10 heteroatoms. The van der Waals surface area contributed by atoms with Crippen molar-refractivity contribution in [3.63, 3.8) is 0 Å². The highest BCUT2D eigenvalue weighted by Gasteiger charge is 2.20. The third-order valence-electron chi connectivity index (χ3n) is 4.07. The maximum atomic E-state index is 11.3. The number of nitro benzene ring substituents is 1. The fourth-order valence-corrected chi connectivity index (χ4v) is 2.66. The van der Waals surface area contributed by atoms with Crippen LogP contribution in [0.1, 0.15) is 26.3 Å². The summed E-state index contributed by atoms with van der Waals surface area (Å²) in [4.78, 5) is 31.4. The normalized spacial score (nSPS) is 11.7. The van der Waals surface area contributed by atoms with E-state index < -0.39 is 9.85 Å². The zero-order valence-corrected chi connectivity index (χ0v) is 15.5. The fraction of sp³-hybridized carbons (Fsp3) is 0.412. The molecular weight excluding hydrogens is 352 g/mol. The Hall–Kier alpha value is -3.30. The van der Waals surface area contributed by atoms with Crippen molar-refractivity contribution >= 4 is 23.1 Å². The molecule has 1 heterocycles. The second-order valence-corrected chi connectivity index (χ2v) is 6.01. The van der Waals surface area contributed by atoms with Gasteiger partial charge in [0.2, 0.25) is 11.8 Å². The van der Waals surface area contributed by atoms with Crippen molar-refractivity contribution in [1.29, 1.82) is 0 Å². The number of hydrogen-bond acceptors (Lipinski definition) is 8. The minimum atomic E-state index is -0.521. The topological polar surface area (TPSA) is 127 Å². The third kappa shape index (κ3) is 5.09. The number of nitro groups is 2. The first-order chi connectivity index (χ1) is 12.8. The van der Waals surface area contributed by atoms with Crippen molar-refractivity contribution < 1.29 is 9.85 Å². The number of rotatable bonds is 9. The van der Waals surface area contributed by atoms with Crippen LogP contribution >= 0.6 is 0 Å². The lowest BCUT2D eigenvalue weighted by molar-refractivity contribution is -0.384. The minimum absolute atomic E-state index is 0.0228. The Kier molecular flexibility index (Phi) is 6.58. The van der Waals surface area contributed by atoms with E-state index >= 15 is 0 Å². The number of anilines is 2. The maximum absolute atomic E-state index is 11.3. The van der Waals surface area contributed by atoms with Gasteiger partial charge in [-0.3, -0.25) is 20.2 Å². The van der Waals surface area contributed by atoms with E-state index in [1.165, 1.54) is 18.3 Å². The van der Waals surface area contributed by atoms with Gasteiger partial charge >= 0.3 is 5.69 Å². The molecule has 2 rings (SSSR count). The smallest absolute Gasteiger partial charge is 0.329 e. The van der Waals surface area contributed by atoms with Crippen LogP contribution < -0.4 is 10.2 Å². The first kappa shape index (κ1) is 20.0. The highest BCUT2D eigenvalue weighted by Crippen LogP contribution is 2.25. The summed E-state index contributed by atoms with van der Waals surface area (Å²) in [5.74, 6) is 0.585. The Morgan fingerprint density at radius 3 is 2.26 bits per heavy atom. The molecular formula is C17H22N6O4. The number of nitrogens with one attached hydrogen (secondary N) is 1. The Morgan fingerprint density at radius 1 is 1.11 bits per heavy atom.